The molecule has 3 rings (SSSR count). The molecule has 1 aromatic carbocycles. The Hall–Kier alpha value is -0.680. The molecule has 0 radical (unpaired) electrons. The lowest BCUT2D eigenvalue weighted by atomic mass is 10.0. The van der Waals surface area contributed by atoms with Crippen LogP contribution in [-0.2, 0) is 11.2 Å². The number of halogens is 2. The van der Waals surface area contributed by atoms with Gasteiger partial charge in [-0.05, 0) is 30.5 Å². The van der Waals surface area contributed by atoms with E-state index in [0.717, 1.165) is 10.8 Å². The van der Waals surface area contributed by atoms with Gasteiger partial charge in [0.1, 0.15) is 6.23 Å². The zero-order chi connectivity index (χ0) is 16.8. The third-order valence-electron chi connectivity index (χ3n) is 4.38. The molecule has 1 saturated carbocycles. The number of aromatic nitrogens is 2. The van der Waals surface area contributed by atoms with Gasteiger partial charge in [0.25, 0.3) is 0 Å². The van der Waals surface area contributed by atoms with Gasteiger partial charge in [-0.15, -0.1) is 11.8 Å². The maximum Gasteiger partial charge on any atom is 0.139 e. The Morgan fingerprint density at radius 1 is 1.25 bits per heavy atom. The smallest absolute Gasteiger partial charge is 0.139 e. The van der Waals surface area contributed by atoms with E-state index in [0.29, 0.717) is 22.4 Å². The van der Waals surface area contributed by atoms with E-state index in [-0.39, 0.29) is 6.23 Å². The van der Waals surface area contributed by atoms with Gasteiger partial charge >= 0.3 is 0 Å². The van der Waals surface area contributed by atoms with Crippen LogP contribution in [0.2, 0.25) is 10.0 Å². The maximum atomic E-state index is 6.32. The van der Waals surface area contributed by atoms with Gasteiger partial charge in [-0.1, -0.05) is 48.5 Å². The summed E-state index contributed by atoms with van der Waals surface area (Å²) in [5.41, 5.74) is 1.03. The summed E-state index contributed by atoms with van der Waals surface area (Å²) in [6.07, 6.45) is 12.8. The van der Waals surface area contributed by atoms with Crippen LogP contribution in [0.1, 0.15) is 43.9 Å². The molecular formula is C18H22Cl2N2OS. The standard InChI is InChI=1S/C18H22Cl2N2OS/c19-15-7-6-14(17(20)11-15)10-18(22-9-8-21-12-22)23-13-24-16-4-2-1-3-5-16/h6-9,11-12,16,18H,1-5,10,13H2. The second-order valence-electron chi connectivity index (χ2n) is 6.12. The van der Waals surface area contributed by atoms with Crippen molar-refractivity contribution in [3.8, 4) is 0 Å². The fourth-order valence-electron chi connectivity index (χ4n) is 3.01. The first-order valence-electron chi connectivity index (χ1n) is 8.37. The lowest BCUT2D eigenvalue weighted by Gasteiger charge is -2.24. The number of thioether (sulfide) groups is 1. The molecule has 1 atom stereocenters. The van der Waals surface area contributed by atoms with Crippen LogP contribution in [0.15, 0.2) is 36.9 Å². The number of benzene rings is 1. The van der Waals surface area contributed by atoms with E-state index in [1.165, 1.54) is 32.1 Å². The zero-order valence-corrected chi connectivity index (χ0v) is 15.9. The highest BCUT2D eigenvalue weighted by molar-refractivity contribution is 7.99. The van der Waals surface area contributed by atoms with Crippen LogP contribution < -0.4 is 0 Å². The molecule has 1 aliphatic carbocycles. The first-order chi connectivity index (χ1) is 11.7. The first kappa shape index (κ1) is 18.1. The minimum absolute atomic E-state index is 0.109. The Kier molecular flexibility index (Phi) is 6.90. The molecule has 1 heterocycles. The van der Waals surface area contributed by atoms with E-state index in [1.54, 1.807) is 18.6 Å². The van der Waals surface area contributed by atoms with Gasteiger partial charge in [-0.2, -0.15) is 0 Å². The largest absolute Gasteiger partial charge is 0.347 e. The van der Waals surface area contributed by atoms with Gasteiger partial charge < -0.3 is 9.30 Å². The molecule has 0 saturated heterocycles. The van der Waals surface area contributed by atoms with Gasteiger partial charge in [0.15, 0.2) is 0 Å². The van der Waals surface area contributed by atoms with E-state index in [2.05, 4.69) is 4.98 Å². The Bertz CT molecular complexity index is 630. The third-order valence-corrected chi connectivity index (χ3v) is 6.19. The number of hydrogen-bond donors (Lipinski definition) is 0. The van der Waals surface area contributed by atoms with Gasteiger partial charge in [0.2, 0.25) is 0 Å². The molecule has 1 unspecified atom stereocenters. The normalized spacial score (nSPS) is 17.1. The van der Waals surface area contributed by atoms with E-state index in [4.69, 9.17) is 27.9 Å². The molecule has 0 N–H and O–H groups in total. The van der Waals surface area contributed by atoms with Gasteiger partial charge in [-0.3, -0.25) is 0 Å². The summed E-state index contributed by atoms with van der Waals surface area (Å²) in [4.78, 5) is 4.14. The van der Waals surface area contributed by atoms with Gasteiger partial charge in [0.05, 0.1) is 12.3 Å². The van der Waals surface area contributed by atoms with Crippen LogP contribution in [0.25, 0.3) is 0 Å². The van der Waals surface area contributed by atoms with Crippen molar-refractivity contribution in [2.24, 2.45) is 0 Å². The molecule has 1 fully saturated rings. The number of imidazole rings is 1. The number of hydrogen-bond acceptors (Lipinski definition) is 3. The Balaban J connectivity index is 1.61. The second-order valence-corrected chi connectivity index (χ2v) is 8.19. The average Bonchev–Trinajstić information content (AvgIpc) is 3.11. The topological polar surface area (TPSA) is 27.1 Å². The Morgan fingerprint density at radius 3 is 2.79 bits per heavy atom. The summed E-state index contributed by atoms with van der Waals surface area (Å²) in [5, 5.41) is 2.06. The van der Waals surface area contributed by atoms with Crippen LogP contribution in [0.3, 0.4) is 0 Å². The van der Waals surface area contributed by atoms with Crippen LogP contribution in [0, 0.1) is 0 Å². The number of nitrogens with zero attached hydrogens (tertiary/aromatic N) is 2. The van der Waals surface area contributed by atoms with Crippen LogP contribution >= 0.6 is 35.0 Å². The fourth-order valence-corrected chi connectivity index (χ4v) is 4.59. The molecule has 3 nitrogen and oxygen atoms in total. The summed E-state index contributed by atoms with van der Waals surface area (Å²) >= 11 is 14.2. The van der Waals surface area contributed by atoms with E-state index in [9.17, 15) is 0 Å². The summed E-state index contributed by atoms with van der Waals surface area (Å²) in [6, 6.07) is 5.61. The molecule has 130 valence electrons. The van der Waals surface area contributed by atoms with Crippen LogP contribution in [0.4, 0.5) is 0 Å². The van der Waals surface area contributed by atoms with Crippen molar-refractivity contribution in [1.29, 1.82) is 0 Å². The minimum Gasteiger partial charge on any atom is -0.347 e. The zero-order valence-electron chi connectivity index (χ0n) is 13.5. The molecule has 24 heavy (non-hydrogen) atoms. The van der Waals surface area contributed by atoms with Crippen molar-refractivity contribution in [1.82, 2.24) is 9.55 Å². The van der Waals surface area contributed by atoms with Gasteiger partial charge in [-0.25, -0.2) is 4.98 Å². The van der Waals surface area contributed by atoms with E-state index in [1.807, 2.05) is 34.7 Å². The minimum atomic E-state index is -0.109. The molecule has 2 aromatic rings. The van der Waals surface area contributed by atoms with Gasteiger partial charge in [0, 0.05) is 34.1 Å². The quantitative estimate of drug-likeness (QED) is 0.550. The molecular weight excluding hydrogens is 363 g/mol. The van der Waals surface area contributed by atoms with Crippen molar-refractivity contribution >= 4 is 35.0 Å². The van der Waals surface area contributed by atoms with E-state index >= 15 is 0 Å². The van der Waals surface area contributed by atoms with Crippen molar-refractivity contribution in [3.63, 3.8) is 0 Å². The summed E-state index contributed by atoms with van der Waals surface area (Å²) in [5.74, 6) is 0.693. The molecule has 0 aliphatic heterocycles. The second kappa shape index (κ2) is 9.14. The van der Waals surface area contributed by atoms with Crippen LogP contribution in [-0.4, -0.2) is 20.7 Å². The highest BCUT2D eigenvalue weighted by Crippen LogP contribution is 2.30. The van der Waals surface area contributed by atoms with Crippen molar-refractivity contribution in [2.75, 3.05) is 5.94 Å². The van der Waals surface area contributed by atoms with Crippen molar-refractivity contribution in [3.05, 3.63) is 52.5 Å². The highest BCUT2D eigenvalue weighted by atomic mass is 35.5. The van der Waals surface area contributed by atoms with Crippen molar-refractivity contribution < 1.29 is 4.74 Å². The molecule has 0 bridgehead atoms. The summed E-state index contributed by atoms with van der Waals surface area (Å²) in [6.45, 7) is 0. The molecule has 1 aromatic heterocycles. The Labute approximate surface area is 157 Å². The monoisotopic (exact) mass is 384 g/mol. The highest BCUT2D eigenvalue weighted by Gasteiger charge is 2.17. The molecule has 6 heteroatoms. The number of rotatable bonds is 7. The van der Waals surface area contributed by atoms with Crippen molar-refractivity contribution in [2.45, 2.75) is 50.0 Å². The molecule has 1 aliphatic rings. The fraction of sp³-hybridized carbons (Fsp3) is 0.500. The maximum absolute atomic E-state index is 6.32. The molecule has 0 spiro atoms. The predicted molar refractivity (Wildman–Crippen MR) is 102 cm³/mol. The Morgan fingerprint density at radius 2 is 2.08 bits per heavy atom. The van der Waals surface area contributed by atoms with Crippen LogP contribution in [0.5, 0.6) is 0 Å². The average molecular weight is 385 g/mol. The SMILES string of the molecule is Clc1ccc(CC(OCSC2CCCCC2)n2ccnc2)c(Cl)c1. The number of ether oxygens (including phenoxy) is 1. The summed E-state index contributed by atoms with van der Waals surface area (Å²) in [7, 11) is 0. The summed E-state index contributed by atoms with van der Waals surface area (Å²) < 4.78 is 8.17. The first-order valence-corrected chi connectivity index (χ1v) is 10.2. The predicted octanol–water partition coefficient (Wildman–Crippen LogP) is 5.97. The lowest BCUT2D eigenvalue weighted by molar-refractivity contribution is 0.0334. The molecule has 0 amide bonds. The van der Waals surface area contributed by atoms with E-state index < -0.39 is 0 Å². The lowest BCUT2D eigenvalue weighted by Crippen LogP contribution is -2.16. The third kappa shape index (κ3) is 5.16.